The number of rotatable bonds is 1. The molecule has 2 aliphatic rings. The maximum atomic E-state index is 11.7. The van der Waals surface area contributed by atoms with Crippen molar-refractivity contribution in [2.75, 3.05) is 13.7 Å². The van der Waals surface area contributed by atoms with Gasteiger partial charge in [0.1, 0.15) is 0 Å². The third kappa shape index (κ3) is 1.60. The predicted molar refractivity (Wildman–Crippen MR) is 57.0 cm³/mol. The van der Waals surface area contributed by atoms with Gasteiger partial charge in [-0.3, -0.25) is 4.79 Å². The molecule has 2 heterocycles. The maximum Gasteiger partial charge on any atom is 0.169 e. The van der Waals surface area contributed by atoms with Gasteiger partial charge in [-0.15, -0.1) is 0 Å². The lowest BCUT2D eigenvalue weighted by Gasteiger charge is -2.29. The van der Waals surface area contributed by atoms with Gasteiger partial charge in [-0.1, -0.05) is 12.2 Å². The van der Waals surface area contributed by atoms with Crippen molar-refractivity contribution in [3.05, 3.63) is 12.3 Å². The Morgan fingerprint density at radius 1 is 1.64 bits per heavy atom. The summed E-state index contributed by atoms with van der Waals surface area (Å²) >= 11 is 5.24. The molecule has 2 rings (SSSR count). The second kappa shape index (κ2) is 3.79. The molecule has 1 fully saturated rings. The molecule has 1 saturated heterocycles. The Bertz CT molecular complexity index is 294. The van der Waals surface area contributed by atoms with Gasteiger partial charge in [-0.2, -0.15) is 0 Å². The molecule has 0 bridgehead atoms. The van der Waals surface area contributed by atoms with Crippen molar-refractivity contribution in [1.82, 2.24) is 4.90 Å². The van der Waals surface area contributed by atoms with Crippen LogP contribution in [0.15, 0.2) is 12.3 Å². The molecule has 14 heavy (non-hydrogen) atoms. The summed E-state index contributed by atoms with van der Waals surface area (Å²) in [5.74, 6) is -0.150. The minimum Gasteiger partial charge on any atom is -0.377 e. The monoisotopic (exact) mass is 211 g/mol. The van der Waals surface area contributed by atoms with Crippen molar-refractivity contribution in [1.29, 1.82) is 0 Å². The normalized spacial score (nSPS) is 32.8. The van der Waals surface area contributed by atoms with Gasteiger partial charge >= 0.3 is 0 Å². The van der Waals surface area contributed by atoms with E-state index in [4.69, 9.17) is 17.0 Å². The lowest BCUT2D eigenvalue weighted by Crippen LogP contribution is -2.42. The van der Waals surface area contributed by atoms with E-state index >= 15 is 0 Å². The van der Waals surface area contributed by atoms with Crippen LogP contribution in [0.4, 0.5) is 0 Å². The first-order valence-corrected chi connectivity index (χ1v) is 5.21. The molecule has 76 valence electrons. The lowest BCUT2D eigenvalue weighted by molar-refractivity contribution is -0.119. The molecule has 2 atom stereocenters. The third-order valence-corrected chi connectivity index (χ3v) is 3.26. The summed E-state index contributed by atoms with van der Waals surface area (Å²) in [5.41, 5.74) is 0. The summed E-state index contributed by atoms with van der Waals surface area (Å²) in [4.78, 5) is 14.2. The minimum absolute atomic E-state index is 0.00222. The van der Waals surface area contributed by atoms with E-state index in [9.17, 15) is 4.79 Å². The highest BCUT2D eigenvalue weighted by molar-refractivity contribution is 7.80. The van der Waals surface area contributed by atoms with Crippen LogP contribution in [-0.4, -0.2) is 35.4 Å². The molecular weight excluding hydrogens is 198 g/mol. The molecule has 0 radical (unpaired) electrons. The van der Waals surface area contributed by atoms with E-state index in [0.717, 1.165) is 19.4 Å². The first-order valence-electron chi connectivity index (χ1n) is 4.80. The number of ketones is 1. The SMILES string of the molecule is CN1C=CC(=O)C(C2CCCO2)C1=S. The minimum atomic E-state index is -0.234. The van der Waals surface area contributed by atoms with E-state index in [1.54, 1.807) is 12.3 Å². The summed E-state index contributed by atoms with van der Waals surface area (Å²) in [6.45, 7) is 0.754. The van der Waals surface area contributed by atoms with Crippen LogP contribution < -0.4 is 0 Å². The van der Waals surface area contributed by atoms with Crippen LogP contribution in [-0.2, 0) is 9.53 Å². The zero-order valence-corrected chi connectivity index (χ0v) is 8.92. The van der Waals surface area contributed by atoms with E-state index in [-0.39, 0.29) is 17.8 Å². The van der Waals surface area contributed by atoms with E-state index < -0.39 is 0 Å². The standard InChI is InChI=1S/C10H13NO2S/c1-11-5-4-7(12)9(10(11)14)8-3-2-6-13-8/h4-5,8-9H,2-3,6H2,1H3. The highest BCUT2D eigenvalue weighted by atomic mass is 32.1. The largest absolute Gasteiger partial charge is 0.377 e. The van der Waals surface area contributed by atoms with Gasteiger partial charge < -0.3 is 9.64 Å². The molecule has 0 amide bonds. The van der Waals surface area contributed by atoms with E-state index in [0.29, 0.717) is 4.99 Å². The Morgan fingerprint density at radius 3 is 3.07 bits per heavy atom. The van der Waals surface area contributed by atoms with Gasteiger partial charge in [0.2, 0.25) is 0 Å². The van der Waals surface area contributed by atoms with Gasteiger partial charge in [-0.25, -0.2) is 0 Å². The Kier molecular flexibility index (Phi) is 2.65. The highest BCUT2D eigenvalue weighted by Gasteiger charge is 2.36. The number of allylic oxidation sites excluding steroid dienone is 1. The van der Waals surface area contributed by atoms with E-state index in [2.05, 4.69) is 0 Å². The average molecular weight is 211 g/mol. The summed E-state index contributed by atoms with van der Waals surface area (Å²) < 4.78 is 5.51. The van der Waals surface area contributed by atoms with Gasteiger partial charge in [0.15, 0.2) is 5.78 Å². The Labute approximate surface area is 88.7 Å². The first-order chi connectivity index (χ1) is 6.70. The average Bonchev–Trinajstić information content (AvgIpc) is 2.65. The van der Waals surface area contributed by atoms with E-state index in [1.165, 1.54) is 0 Å². The van der Waals surface area contributed by atoms with Crippen LogP contribution >= 0.6 is 12.2 Å². The summed E-state index contributed by atoms with van der Waals surface area (Å²) in [7, 11) is 1.87. The number of carbonyl (C=O) groups excluding carboxylic acids is 1. The number of hydrogen-bond donors (Lipinski definition) is 0. The highest BCUT2D eigenvalue weighted by Crippen LogP contribution is 2.26. The number of ether oxygens (including phenoxy) is 1. The molecular formula is C10H13NO2S. The van der Waals surface area contributed by atoms with Gasteiger partial charge in [0.05, 0.1) is 17.0 Å². The summed E-state index contributed by atoms with van der Waals surface area (Å²) in [6.07, 6.45) is 5.28. The van der Waals surface area contributed by atoms with E-state index in [1.807, 2.05) is 11.9 Å². The Morgan fingerprint density at radius 2 is 2.43 bits per heavy atom. The number of carbonyl (C=O) groups is 1. The van der Waals surface area contributed by atoms with Crippen molar-refractivity contribution in [2.24, 2.45) is 5.92 Å². The van der Waals surface area contributed by atoms with Gasteiger partial charge in [0, 0.05) is 19.9 Å². The second-order valence-electron chi connectivity index (χ2n) is 3.70. The molecule has 3 nitrogen and oxygen atoms in total. The fourth-order valence-corrected chi connectivity index (χ4v) is 2.24. The van der Waals surface area contributed by atoms with Gasteiger partial charge in [0.25, 0.3) is 0 Å². The lowest BCUT2D eigenvalue weighted by atomic mass is 9.92. The van der Waals surface area contributed by atoms with Crippen LogP contribution in [0.3, 0.4) is 0 Å². The molecule has 0 aromatic rings. The molecule has 0 saturated carbocycles. The van der Waals surface area contributed by atoms with Crippen LogP contribution in [0.1, 0.15) is 12.8 Å². The predicted octanol–water partition coefficient (Wildman–Crippen LogP) is 1.14. The number of hydrogen-bond acceptors (Lipinski definition) is 3. The third-order valence-electron chi connectivity index (χ3n) is 2.72. The molecule has 2 aliphatic heterocycles. The fourth-order valence-electron chi connectivity index (χ4n) is 1.91. The zero-order chi connectivity index (χ0) is 10.1. The van der Waals surface area contributed by atoms with Crippen LogP contribution in [0, 0.1) is 5.92 Å². The van der Waals surface area contributed by atoms with Crippen molar-refractivity contribution in [3.8, 4) is 0 Å². The Balaban J connectivity index is 2.19. The topological polar surface area (TPSA) is 29.5 Å². The fraction of sp³-hybridized carbons (Fsp3) is 0.600. The number of nitrogens with zero attached hydrogens (tertiary/aromatic N) is 1. The maximum absolute atomic E-state index is 11.7. The van der Waals surface area contributed by atoms with Crippen molar-refractivity contribution < 1.29 is 9.53 Å². The van der Waals surface area contributed by atoms with Crippen LogP contribution in [0.2, 0.25) is 0 Å². The molecule has 0 aromatic heterocycles. The molecule has 0 aromatic carbocycles. The van der Waals surface area contributed by atoms with Crippen molar-refractivity contribution >= 4 is 23.0 Å². The van der Waals surface area contributed by atoms with Crippen LogP contribution in [0.5, 0.6) is 0 Å². The van der Waals surface area contributed by atoms with Crippen molar-refractivity contribution in [3.63, 3.8) is 0 Å². The van der Waals surface area contributed by atoms with Gasteiger partial charge in [-0.05, 0) is 18.9 Å². The quantitative estimate of drug-likeness (QED) is 0.608. The summed E-state index contributed by atoms with van der Waals surface area (Å²) in [6, 6.07) is 0. The Hall–Kier alpha value is -0.740. The zero-order valence-electron chi connectivity index (χ0n) is 8.10. The second-order valence-corrected chi connectivity index (χ2v) is 4.11. The molecule has 0 spiro atoms. The summed E-state index contributed by atoms with van der Waals surface area (Å²) in [5, 5.41) is 0. The van der Waals surface area contributed by atoms with Crippen LogP contribution in [0.25, 0.3) is 0 Å². The number of thiocarbonyl (C=S) groups is 1. The first kappa shape index (κ1) is 9.80. The molecule has 0 aliphatic carbocycles. The van der Waals surface area contributed by atoms with Crippen molar-refractivity contribution in [2.45, 2.75) is 18.9 Å². The molecule has 2 unspecified atom stereocenters. The molecule has 0 N–H and O–H groups in total. The smallest absolute Gasteiger partial charge is 0.169 e. The molecule has 4 heteroatoms.